The van der Waals surface area contributed by atoms with E-state index < -0.39 is 0 Å². The number of rotatable bonds is 5. The molecule has 2 heteroatoms. The van der Waals surface area contributed by atoms with Crippen molar-refractivity contribution >= 4 is 0 Å². The van der Waals surface area contributed by atoms with Crippen LogP contribution in [0.3, 0.4) is 0 Å². The van der Waals surface area contributed by atoms with Crippen LogP contribution in [0.2, 0.25) is 0 Å². The quantitative estimate of drug-likeness (QED) is 0.788. The summed E-state index contributed by atoms with van der Waals surface area (Å²) in [5.41, 5.74) is 0.449. The first-order valence-corrected chi connectivity index (χ1v) is 7.68. The maximum atomic E-state index is 9.55. The number of nitrogens with one attached hydrogen (secondary N) is 1. The minimum atomic E-state index is 0.289. The zero-order valence-electron chi connectivity index (χ0n) is 13.0. The lowest BCUT2D eigenvalue weighted by Crippen LogP contribution is -2.43. The van der Waals surface area contributed by atoms with E-state index in [0.29, 0.717) is 23.3 Å². The maximum absolute atomic E-state index is 9.55. The molecule has 0 amide bonds. The zero-order valence-corrected chi connectivity index (χ0v) is 13.0. The van der Waals surface area contributed by atoms with Gasteiger partial charge in [0, 0.05) is 6.04 Å². The van der Waals surface area contributed by atoms with Gasteiger partial charge in [-0.15, -0.1) is 0 Å². The molecule has 18 heavy (non-hydrogen) atoms. The Labute approximate surface area is 114 Å². The van der Waals surface area contributed by atoms with E-state index in [9.17, 15) is 5.11 Å². The molecule has 1 aliphatic carbocycles. The topological polar surface area (TPSA) is 32.3 Å². The van der Waals surface area contributed by atoms with Crippen molar-refractivity contribution in [2.75, 3.05) is 13.2 Å². The van der Waals surface area contributed by atoms with Crippen LogP contribution in [-0.4, -0.2) is 24.3 Å². The van der Waals surface area contributed by atoms with Crippen molar-refractivity contribution in [3.8, 4) is 0 Å². The molecule has 1 atom stereocenters. The summed E-state index contributed by atoms with van der Waals surface area (Å²) in [5, 5.41) is 13.1. The third kappa shape index (κ3) is 4.89. The maximum Gasteiger partial charge on any atom is 0.0587 e. The molecule has 0 bridgehead atoms. The summed E-state index contributed by atoms with van der Waals surface area (Å²) in [7, 11) is 0. The summed E-state index contributed by atoms with van der Waals surface area (Å²) >= 11 is 0. The fourth-order valence-corrected chi connectivity index (χ4v) is 3.15. The normalized spacial score (nSPS) is 27.5. The van der Waals surface area contributed by atoms with Crippen molar-refractivity contribution in [3.63, 3.8) is 0 Å². The van der Waals surface area contributed by atoms with Crippen LogP contribution in [0.5, 0.6) is 0 Å². The van der Waals surface area contributed by atoms with Gasteiger partial charge in [0.2, 0.25) is 0 Å². The van der Waals surface area contributed by atoms with E-state index in [2.05, 4.69) is 39.9 Å². The Morgan fingerprint density at radius 3 is 2.06 bits per heavy atom. The van der Waals surface area contributed by atoms with E-state index in [1.165, 1.54) is 25.7 Å². The molecule has 108 valence electrons. The molecule has 1 saturated carbocycles. The summed E-state index contributed by atoms with van der Waals surface area (Å²) in [4.78, 5) is 0. The molecule has 0 aromatic carbocycles. The van der Waals surface area contributed by atoms with E-state index in [1.54, 1.807) is 0 Å². The van der Waals surface area contributed by atoms with Crippen LogP contribution in [0.1, 0.15) is 60.3 Å². The minimum Gasteiger partial charge on any atom is -0.395 e. The Hall–Kier alpha value is -0.0800. The standard InChI is InChI=1S/C16H33NO/c1-12(2)10-17-15(11-18)13-6-8-14(9-7-13)16(3,4)5/h12-15,17-18H,6-11H2,1-5H3. The van der Waals surface area contributed by atoms with Crippen molar-refractivity contribution in [3.05, 3.63) is 0 Å². The summed E-state index contributed by atoms with van der Waals surface area (Å²) in [5.74, 6) is 2.19. The van der Waals surface area contributed by atoms with Gasteiger partial charge in [-0.25, -0.2) is 0 Å². The van der Waals surface area contributed by atoms with Crippen molar-refractivity contribution in [2.45, 2.75) is 66.3 Å². The first-order valence-electron chi connectivity index (χ1n) is 7.68. The molecule has 0 heterocycles. The molecule has 2 N–H and O–H groups in total. The van der Waals surface area contributed by atoms with Crippen LogP contribution in [0.4, 0.5) is 0 Å². The van der Waals surface area contributed by atoms with Gasteiger partial charge in [0.1, 0.15) is 0 Å². The molecule has 0 spiro atoms. The van der Waals surface area contributed by atoms with E-state index in [-0.39, 0.29) is 6.61 Å². The van der Waals surface area contributed by atoms with Gasteiger partial charge in [-0.3, -0.25) is 0 Å². The monoisotopic (exact) mass is 255 g/mol. The lowest BCUT2D eigenvalue weighted by atomic mass is 9.68. The predicted octanol–water partition coefficient (Wildman–Crippen LogP) is 3.45. The van der Waals surface area contributed by atoms with E-state index >= 15 is 0 Å². The predicted molar refractivity (Wildman–Crippen MR) is 78.6 cm³/mol. The second-order valence-corrected chi connectivity index (χ2v) is 7.57. The van der Waals surface area contributed by atoms with Gasteiger partial charge in [-0.1, -0.05) is 34.6 Å². The van der Waals surface area contributed by atoms with Gasteiger partial charge < -0.3 is 10.4 Å². The highest BCUT2D eigenvalue weighted by Gasteiger charge is 2.32. The molecule has 2 nitrogen and oxygen atoms in total. The summed E-state index contributed by atoms with van der Waals surface area (Å²) in [6, 6.07) is 0.313. The van der Waals surface area contributed by atoms with Crippen LogP contribution < -0.4 is 5.32 Å². The lowest BCUT2D eigenvalue weighted by molar-refractivity contribution is 0.109. The summed E-state index contributed by atoms with van der Waals surface area (Å²) in [6.45, 7) is 12.8. The van der Waals surface area contributed by atoms with Crippen LogP contribution in [0, 0.1) is 23.2 Å². The van der Waals surface area contributed by atoms with Crippen molar-refractivity contribution in [1.82, 2.24) is 5.32 Å². The fraction of sp³-hybridized carbons (Fsp3) is 1.00. The molecular formula is C16H33NO. The van der Waals surface area contributed by atoms with Gasteiger partial charge in [0.15, 0.2) is 0 Å². The number of hydrogen-bond acceptors (Lipinski definition) is 2. The Bertz CT molecular complexity index is 224. The third-order valence-electron chi connectivity index (χ3n) is 4.55. The zero-order chi connectivity index (χ0) is 13.8. The van der Waals surface area contributed by atoms with E-state index in [1.807, 2.05) is 0 Å². The molecule has 0 aromatic heterocycles. The highest BCUT2D eigenvalue weighted by atomic mass is 16.3. The SMILES string of the molecule is CC(C)CNC(CO)C1CCC(C(C)(C)C)CC1. The van der Waals surface area contributed by atoms with Gasteiger partial charge in [-0.2, -0.15) is 0 Å². The van der Waals surface area contributed by atoms with Crippen molar-refractivity contribution < 1.29 is 5.11 Å². The van der Waals surface area contributed by atoms with Crippen molar-refractivity contribution in [1.29, 1.82) is 0 Å². The third-order valence-corrected chi connectivity index (χ3v) is 4.55. The van der Waals surface area contributed by atoms with Gasteiger partial charge in [0.25, 0.3) is 0 Å². The van der Waals surface area contributed by atoms with E-state index in [4.69, 9.17) is 0 Å². The molecule has 0 aliphatic heterocycles. The second-order valence-electron chi connectivity index (χ2n) is 7.57. The average molecular weight is 255 g/mol. The van der Waals surface area contributed by atoms with Crippen LogP contribution >= 0.6 is 0 Å². The molecule has 0 saturated heterocycles. The van der Waals surface area contributed by atoms with Crippen LogP contribution in [-0.2, 0) is 0 Å². The van der Waals surface area contributed by atoms with Crippen LogP contribution in [0.25, 0.3) is 0 Å². The lowest BCUT2D eigenvalue weighted by Gasteiger charge is -2.39. The Morgan fingerprint density at radius 1 is 1.11 bits per heavy atom. The molecular weight excluding hydrogens is 222 g/mol. The summed E-state index contributed by atoms with van der Waals surface area (Å²) in [6.07, 6.45) is 5.21. The van der Waals surface area contributed by atoms with E-state index in [0.717, 1.165) is 12.5 Å². The Balaban J connectivity index is 2.40. The van der Waals surface area contributed by atoms with Gasteiger partial charge >= 0.3 is 0 Å². The molecule has 1 aliphatic rings. The molecule has 1 unspecified atom stereocenters. The minimum absolute atomic E-state index is 0.289. The number of aliphatic hydroxyl groups excluding tert-OH is 1. The molecule has 0 radical (unpaired) electrons. The van der Waals surface area contributed by atoms with Crippen LogP contribution in [0.15, 0.2) is 0 Å². The van der Waals surface area contributed by atoms with Gasteiger partial charge in [-0.05, 0) is 55.4 Å². The highest BCUT2D eigenvalue weighted by molar-refractivity contribution is 4.85. The Kier molecular flexibility index (Phi) is 6.13. The molecule has 1 rings (SSSR count). The average Bonchev–Trinajstić information content (AvgIpc) is 2.29. The second kappa shape index (κ2) is 6.91. The number of hydrogen-bond donors (Lipinski definition) is 2. The smallest absolute Gasteiger partial charge is 0.0587 e. The molecule has 1 fully saturated rings. The first kappa shape index (κ1) is 16.0. The first-order chi connectivity index (χ1) is 8.34. The fourth-order valence-electron chi connectivity index (χ4n) is 3.15. The largest absolute Gasteiger partial charge is 0.395 e. The molecule has 0 aromatic rings. The highest BCUT2D eigenvalue weighted by Crippen LogP contribution is 2.40. The van der Waals surface area contributed by atoms with Gasteiger partial charge in [0.05, 0.1) is 6.61 Å². The van der Waals surface area contributed by atoms with Crippen molar-refractivity contribution in [2.24, 2.45) is 23.2 Å². The Morgan fingerprint density at radius 2 is 1.67 bits per heavy atom. The summed E-state index contributed by atoms with van der Waals surface area (Å²) < 4.78 is 0. The number of aliphatic hydroxyl groups is 1.